The molecule has 29 heavy (non-hydrogen) atoms. The van der Waals surface area contributed by atoms with Crippen molar-refractivity contribution >= 4 is 28.6 Å². The maximum atomic E-state index is 12.1. The van der Waals surface area contributed by atoms with Gasteiger partial charge in [0.25, 0.3) is 0 Å². The number of rotatable bonds is 5. The summed E-state index contributed by atoms with van der Waals surface area (Å²) < 4.78 is 6.88. The molecule has 1 aliphatic rings. The van der Waals surface area contributed by atoms with Crippen molar-refractivity contribution in [2.24, 2.45) is 0 Å². The fourth-order valence-electron chi connectivity index (χ4n) is 3.37. The standard InChI is InChI=1S/C18H20ClN5O5/c1-8-2-3-10(19)4-9(8)5-20-15-12-16(23-18(28)22-15)24(7-21-12)17-14(27)13(26)11(6-25)29-17/h2-4,7,11,13-14,17,25-27H,5-6H2,1H3,(H2,20,22,23,28)/t11-,13-,14-,17-/m1/s1. The van der Waals surface area contributed by atoms with Gasteiger partial charge >= 0.3 is 5.69 Å². The first-order chi connectivity index (χ1) is 13.9. The van der Waals surface area contributed by atoms with Crippen LogP contribution >= 0.6 is 11.6 Å². The van der Waals surface area contributed by atoms with Gasteiger partial charge in [0.05, 0.1) is 12.9 Å². The lowest BCUT2D eigenvalue weighted by atomic mass is 10.1. The Labute approximate surface area is 169 Å². The fraction of sp³-hybridized carbons (Fsp3) is 0.389. The fourth-order valence-corrected chi connectivity index (χ4v) is 3.56. The number of aromatic amines is 1. The summed E-state index contributed by atoms with van der Waals surface area (Å²) in [6.45, 7) is 1.89. The van der Waals surface area contributed by atoms with Crippen LogP contribution in [0.1, 0.15) is 17.4 Å². The van der Waals surface area contributed by atoms with Crippen molar-refractivity contribution in [2.75, 3.05) is 11.9 Å². The van der Waals surface area contributed by atoms with Gasteiger partial charge in [-0.25, -0.2) is 9.78 Å². The van der Waals surface area contributed by atoms with Crippen LogP contribution in [-0.4, -0.2) is 59.8 Å². The number of aliphatic hydroxyl groups is 3. The summed E-state index contributed by atoms with van der Waals surface area (Å²) in [5.74, 6) is 0.352. The number of aliphatic hydroxyl groups excluding tert-OH is 3. The van der Waals surface area contributed by atoms with Gasteiger partial charge in [-0.15, -0.1) is 0 Å². The van der Waals surface area contributed by atoms with Crippen molar-refractivity contribution in [3.05, 3.63) is 51.2 Å². The van der Waals surface area contributed by atoms with Gasteiger partial charge in [-0.2, -0.15) is 4.98 Å². The van der Waals surface area contributed by atoms with Crippen molar-refractivity contribution < 1.29 is 20.1 Å². The highest BCUT2D eigenvalue weighted by Gasteiger charge is 2.44. The topological polar surface area (TPSA) is 146 Å². The number of ether oxygens (including phenoxy) is 1. The highest BCUT2D eigenvalue weighted by Crippen LogP contribution is 2.32. The second-order valence-electron chi connectivity index (χ2n) is 6.89. The maximum absolute atomic E-state index is 12.1. The molecule has 1 aliphatic heterocycles. The van der Waals surface area contributed by atoms with Crippen LogP contribution in [0.25, 0.3) is 11.2 Å². The molecule has 1 saturated heterocycles. The van der Waals surface area contributed by atoms with Crippen LogP contribution in [0.4, 0.5) is 5.82 Å². The molecular formula is C18H20ClN5O5. The van der Waals surface area contributed by atoms with Crippen LogP contribution in [0.2, 0.25) is 5.02 Å². The molecule has 0 amide bonds. The van der Waals surface area contributed by atoms with E-state index < -0.39 is 36.8 Å². The predicted octanol–water partition coefficient (Wildman–Crippen LogP) is 0.305. The minimum Gasteiger partial charge on any atom is -0.394 e. The summed E-state index contributed by atoms with van der Waals surface area (Å²) in [5, 5.41) is 33.3. The first-order valence-electron chi connectivity index (χ1n) is 8.97. The summed E-state index contributed by atoms with van der Waals surface area (Å²) in [6.07, 6.45) is -3.20. The Morgan fingerprint density at radius 3 is 2.86 bits per heavy atom. The first kappa shape index (κ1) is 19.8. The lowest BCUT2D eigenvalue weighted by molar-refractivity contribution is -0.0511. The van der Waals surface area contributed by atoms with Gasteiger partial charge in [0.15, 0.2) is 11.9 Å². The van der Waals surface area contributed by atoms with E-state index in [2.05, 4.69) is 20.3 Å². The molecule has 3 heterocycles. The second kappa shape index (κ2) is 7.73. The minimum absolute atomic E-state index is 0.175. The Bertz CT molecular complexity index is 1100. The SMILES string of the molecule is Cc1ccc(Cl)cc1CNc1[nH]c(=O)nc2c1ncn2[C@@H]1O[C@H](CO)[C@@H](O)[C@H]1O. The van der Waals surface area contributed by atoms with Crippen LogP contribution in [0.3, 0.4) is 0 Å². The largest absolute Gasteiger partial charge is 0.394 e. The van der Waals surface area contributed by atoms with E-state index in [-0.39, 0.29) is 5.65 Å². The molecule has 4 rings (SSSR count). The number of halogens is 1. The van der Waals surface area contributed by atoms with Crippen LogP contribution in [0.5, 0.6) is 0 Å². The van der Waals surface area contributed by atoms with Crippen molar-refractivity contribution in [1.82, 2.24) is 19.5 Å². The number of hydrogen-bond donors (Lipinski definition) is 5. The number of nitrogens with zero attached hydrogens (tertiary/aromatic N) is 3. The number of aromatic nitrogens is 4. The van der Waals surface area contributed by atoms with E-state index in [1.54, 1.807) is 6.07 Å². The molecule has 5 N–H and O–H groups in total. The molecule has 0 radical (unpaired) electrons. The number of fused-ring (bicyclic) bond motifs is 1. The highest BCUT2D eigenvalue weighted by atomic mass is 35.5. The third-order valence-corrected chi connectivity index (χ3v) is 5.24. The first-order valence-corrected chi connectivity index (χ1v) is 9.35. The number of anilines is 1. The van der Waals surface area contributed by atoms with Gasteiger partial charge in [-0.05, 0) is 30.2 Å². The van der Waals surface area contributed by atoms with Crippen molar-refractivity contribution in [3.63, 3.8) is 0 Å². The Morgan fingerprint density at radius 2 is 2.14 bits per heavy atom. The van der Waals surface area contributed by atoms with E-state index >= 15 is 0 Å². The Morgan fingerprint density at radius 1 is 1.34 bits per heavy atom. The maximum Gasteiger partial charge on any atom is 0.348 e. The molecule has 10 nitrogen and oxygen atoms in total. The molecule has 0 bridgehead atoms. The average molecular weight is 422 g/mol. The third kappa shape index (κ3) is 3.61. The predicted molar refractivity (Wildman–Crippen MR) is 105 cm³/mol. The number of imidazole rings is 1. The number of hydrogen-bond acceptors (Lipinski definition) is 8. The average Bonchev–Trinajstić information content (AvgIpc) is 3.23. The summed E-state index contributed by atoms with van der Waals surface area (Å²) in [4.78, 5) is 22.9. The van der Waals surface area contributed by atoms with E-state index in [4.69, 9.17) is 16.3 Å². The smallest absolute Gasteiger partial charge is 0.348 e. The van der Waals surface area contributed by atoms with E-state index in [1.165, 1.54) is 10.9 Å². The Balaban J connectivity index is 1.67. The zero-order valence-corrected chi connectivity index (χ0v) is 16.2. The summed E-state index contributed by atoms with van der Waals surface area (Å²) in [5.41, 5.74) is 1.91. The molecule has 1 fully saturated rings. The molecule has 0 aliphatic carbocycles. The highest BCUT2D eigenvalue weighted by molar-refractivity contribution is 6.30. The van der Waals surface area contributed by atoms with E-state index in [1.807, 2.05) is 19.1 Å². The molecule has 154 valence electrons. The minimum atomic E-state index is -1.31. The van der Waals surface area contributed by atoms with Crippen molar-refractivity contribution in [1.29, 1.82) is 0 Å². The van der Waals surface area contributed by atoms with Crippen LogP contribution < -0.4 is 11.0 Å². The molecule has 1 aromatic carbocycles. The normalized spacial score (nSPS) is 24.3. The summed E-state index contributed by atoms with van der Waals surface area (Å²) in [6, 6.07) is 5.54. The summed E-state index contributed by atoms with van der Waals surface area (Å²) >= 11 is 6.06. The lowest BCUT2D eigenvalue weighted by Crippen LogP contribution is -2.33. The van der Waals surface area contributed by atoms with Gasteiger partial charge < -0.3 is 25.4 Å². The number of H-pyrrole nitrogens is 1. The molecule has 11 heteroatoms. The quantitative estimate of drug-likeness (QED) is 0.395. The van der Waals surface area contributed by atoms with Gasteiger partial charge in [0, 0.05) is 11.6 Å². The summed E-state index contributed by atoms with van der Waals surface area (Å²) in [7, 11) is 0. The zero-order valence-electron chi connectivity index (χ0n) is 15.4. The molecule has 4 atom stereocenters. The Kier molecular flexibility index (Phi) is 5.28. The number of nitrogens with one attached hydrogen (secondary N) is 2. The van der Waals surface area contributed by atoms with Crippen LogP contribution in [0, 0.1) is 6.92 Å². The molecule has 0 unspecified atom stereocenters. The van der Waals surface area contributed by atoms with Gasteiger partial charge in [0.1, 0.15) is 29.6 Å². The third-order valence-electron chi connectivity index (χ3n) is 5.00. The van der Waals surface area contributed by atoms with Crippen LogP contribution in [0.15, 0.2) is 29.3 Å². The second-order valence-corrected chi connectivity index (χ2v) is 7.33. The van der Waals surface area contributed by atoms with Crippen molar-refractivity contribution in [2.45, 2.75) is 38.0 Å². The van der Waals surface area contributed by atoms with Gasteiger partial charge in [0.2, 0.25) is 0 Å². The van der Waals surface area contributed by atoms with E-state index in [9.17, 15) is 20.1 Å². The van der Waals surface area contributed by atoms with Gasteiger partial charge in [-0.1, -0.05) is 17.7 Å². The van der Waals surface area contributed by atoms with Crippen molar-refractivity contribution in [3.8, 4) is 0 Å². The zero-order chi connectivity index (χ0) is 20.7. The number of benzene rings is 1. The molecule has 0 saturated carbocycles. The Hall–Kier alpha value is -2.50. The monoisotopic (exact) mass is 421 g/mol. The number of aryl methyl sites for hydroxylation is 1. The molecule has 0 spiro atoms. The molecular weight excluding hydrogens is 402 g/mol. The van der Waals surface area contributed by atoms with Crippen LogP contribution in [-0.2, 0) is 11.3 Å². The lowest BCUT2D eigenvalue weighted by Gasteiger charge is -2.16. The van der Waals surface area contributed by atoms with E-state index in [0.29, 0.717) is 22.9 Å². The molecule has 2 aromatic heterocycles. The van der Waals surface area contributed by atoms with E-state index in [0.717, 1.165) is 11.1 Å². The molecule has 3 aromatic rings. The van der Waals surface area contributed by atoms with Gasteiger partial charge in [-0.3, -0.25) is 9.55 Å².